The predicted molar refractivity (Wildman–Crippen MR) is 171 cm³/mol. The molecule has 0 bridgehead atoms. The molecule has 0 radical (unpaired) electrons. The van der Waals surface area contributed by atoms with Crippen LogP contribution in [0.5, 0.6) is 5.75 Å². The Morgan fingerprint density at radius 3 is 2.30 bits per heavy atom. The first-order chi connectivity index (χ1) is 21.5. The quantitative estimate of drug-likeness (QED) is 0.0911. The normalized spacial score (nSPS) is 20.3. The number of amides is 1. The second-order valence-corrected chi connectivity index (χ2v) is 15.3. The van der Waals surface area contributed by atoms with E-state index in [-0.39, 0.29) is 43.6 Å². The van der Waals surface area contributed by atoms with E-state index >= 15 is 0 Å². The molecule has 3 atom stereocenters. The molecule has 1 aromatic rings. The van der Waals surface area contributed by atoms with Crippen molar-refractivity contribution in [2.75, 3.05) is 45.6 Å². The van der Waals surface area contributed by atoms with Crippen molar-refractivity contribution in [3.8, 4) is 5.75 Å². The highest BCUT2D eigenvalue weighted by atomic mass is 32.2. The number of ether oxygens (including phenoxy) is 4. The topological polar surface area (TPSA) is 213 Å². The summed E-state index contributed by atoms with van der Waals surface area (Å²) in [5.74, 6) is -2.16. The van der Waals surface area contributed by atoms with Crippen LogP contribution in [0.25, 0.3) is 0 Å². The van der Waals surface area contributed by atoms with Gasteiger partial charge < -0.3 is 40.6 Å². The summed E-state index contributed by atoms with van der Waals surface area (Å²) in [5, 5.41) is 11.8. The van der Waals surface area contributed by atoms with Crippen molar-refractivity contribution < 1.29 is 41.7 Å². The first-order valence-corrected chi connectivity index (χ1v) is 17.2. The zero-order chi connectivity index (χ0) is 34.3. The number of unbranched alkanes of at least 4 members (excludes halogenated alkanes) is 1. The number of carbonyl (C=O) groups excluding carboxylic acids is 3. The summed E-state index contributed by atoms with van der Waals surface area (Å²) in [4.78, 5) is 38.2. The Labute approximate surface area is 271 Å². The van der Waals surface area contributed by atoms with Crippen molar-refractivity contribution in [1.29, 1.82) is 5.41 Å². The molecule has 3 rings (SSSR count). The summed E-state index contributed by atoms with van der Waals surface area (Å²) in [7, 11) is -2.91. The van der Waals surface area contributed by atoms with Gasteiger partial charge in [-0.1, -0.05) is 25.5 Å². The maximum absolute atomic E-state index is 13.6. The molecular formula is C31H49N5O9S. The lowest BCUT2D eigenvalue weighted by Crippen LogP contribution is -2.59. The highest BCUT2D eigenvalue weighted by molar-refractivity contribution is 7.93. The van der Waals surface area contributed by atoms with Crippen LogP contribution in [0, 0.1) is 16.7 Å². The summed E-state index contributed by atoms with van der Waals surface area (Å²) in [6.07, 6.45) is 0.536. The largest absolute Gasteiger partial charge is 0.490 e. The van der Waals surface area contributed by atoms with Crippen molar-refractivity contribution >= 4 is 33.7 Å². The van der Waals surface area contributed by atoms with E-state index in [1.165, 1.54) is 4.90 Å². The second-order valence-electron chi connectivity index (χ2n) is 13.0. The Morgan fingerprint density at radius 1 is 1.13 bits per heavy atom. The third kappa shape index (κ3) is 8.48. The predicted octanol–water partition coefficient (Wildman–Crippen LogP) is 1.74. The Balaban J connectivity index is 1.70. The molecule has 0 aliphatic carbocycles. The second kappa shape index (κ2) is 15.0. The van der Waals surface area contributed by atoms with Gasteiger partial charge in [0, 0.05) is 13.0 Å². The number of hydrogen-bond acceptors (Lipinski definition) is 12. The number of carbonyl (C=O) groups is 3. The number of cyclic esters (lactones) is 1. The van der Waals surface area contributed by atoms with Crippen LogP contribution < -0.4 is 21.5 Å². The number of benzene rings is 1. The van der Waals surface area contributed by atoms with E-state index in [1.807, 2.05) is 6.92 Å². The molecule has 46 heavy (non-hydrogen) atoms. The fourth-order valence-corrected chi connectivity index (χ4v) is 7.50. The number of nitrogens with one attached hydrogen (secondary N) is 2. The average Bonchev–Trinajstić information content (AvgIpc) is 3.35. The maximum Gasteiger partial charge on any atom is 0.410 e. The summed E-state index contributed by atoms with van der Waals surface area (Å²) in [6.45, 7) is 8.28. The molecule has 1 amide bonds. The van der Waals surface area contributed by atoms with Crippen LogP contribution in [0.2, 0.25) is 0 Å². The van der Waals surface area contributed by atoms with E-state index in [2.05, 4.69) is 5.32 Å². The van der Waals surface area contributed by atoms with Gasteiger partial charge in [-0.25, -0.2) is 18.0 Å². The molecule has 2 saturated heterocycles. The highest BCUT2D eigenvalue weighted by Gasteiger charge is 2.54. The number of methoxy groups -OCH3 is 1. The molecule has 0 saturated carbocycles. The maximum atomic E-state index is 13.6. The lowest BCUT2D eigenvalue weighted by molar-refractivity contribution is -0.167. The lowest BCUT2D eigenvalue weighted by atomic mass is 9.69. The molecule has 15 heteroatoms. The van der Waals surface area contributed by atoms with E-state index in [9.17, 15) is 22.8 Å². The SMILES string of the molecule is CCCCS(=O)(=O)C(N)(Cc1ccc(OCC2CN(CC(C(=N)N)(C(=O)OC(C)(C)C)C3CCNCC3)C(=O)O2)cc1)C(=O)OC. The Bertz CT molecular complexity index is 1360. The van der Waals surface area contributed by atoms with Gasteiger partial charge in [0.15, 0.2) is 15.9 Å². The van der Waals surface area contributed by atoms with Gasteiger partial charge in [-0.05, 0) is 76.7 Å². The average molecular weight is 668 g/mol. The molecule has 2 aliphatic heterocycles. The van der Waals surface area contributed by atoms with Crippen molar-refractivity contribution in [2.45, 2.75) is 76.4 Å². The van der Waals surface area contributed by atoms with Crippen molar-refractivity contribution in [3.63, 3.8) is 0 Å². The molecule has 14 nitrogen and oxygen atoms in total. The van der Waals surface area contributed by atoms with Gasteiger partial charge in [-0.3, -0.25) is 10.2 Å². The monoisotopic (exact) mass is 667 g/mol. The molecular weight excluding hydrogens is 618 g/mol. The number of esters is 2. The smallest absolute Gasteiger partial charge is 0.410 e. The van der Waals surface area contributed by atoms with Crippen molar-refractivity contribution in [2.24, 2.45) is 22.8 Å². The van der Waals surface area contributed by atoms with Crippen LogP contribution in [0.3, 0.4) is 0 Å². The molecule has 0 spiro atoms. The minimum atomic E-state index is -4.01. The molecule has 0 aromatic heterocycles. The van der Waals surface area contributed by atoms with Crippen LogP contribution in [0.15, 0.2) is 24.3 Å². The Kier molecular flexibility index (Phi) is 12.1. The summed E-state index contributed by atoms with van der Waals surface area (Å²) in [5.41, 5.74) is 10.4. The first kappa shape index (κ1) is 37.0. The van der Waals surface area contributed by atoms with E-state index < -0.39 is 49.9 Å². The van der Waals surface area contributed by atoms with Gasteiger partial charge in [0.1, 0.15) is 29.2 Å². The number of hydrogen-bond donors (Lipinski definition) is 4. The number of piperidine rings is 1. The van der Waals surface area contributed by atoms with Crippen LogP contribution in [0.1, 0.15) is 58.9 Å². The first-order valence-electron chi connectivity index (χ1n) is 15.5. The molecule has 6 N–H and O–H groups in total. The van der Waals surface area contributed by atoms with Crippen molar-refractivity contribution in [3.05, 3.63) is 29.8 Å². The fraction of sp³-hybridized carbons (Fsp3) is 0.677. The molecule has 2 aliphatic rings. The number of nitrogens with two attached hydrogens (primary N) is 2. The summed E-state index contributed by atoms with van der Waals surface area (Å²) in [6, 6.07) is 6.40. The van der Waals surface area contributed by atoms with Gasteiger partial charge in [0.25, 0.3) is 0 Å². The van der Waals surface area contributed by atoms with Crippen molar-refractivity contribution in [1.82, 2.24) is 10.2 Å². The fourth-order valence-electron chi connectivity index (χ4n) is 5.75. The number of nitrogens with zero attached hydrogens (tertiary/aromatic N) is 1. The molecule has 2 heterocycles. The zero-order valence-electron chi connectivity index (χ0n) is 27.4. The minimum absolute atomic E-state index is 0.0111. The van der Waals surface area contributed by atoms with Crippen LogP contribution in [-0.4, -0.2) is 99.4 Å². The Morgan fingerprint density at radius 2 is 1.76 bits per heavy atom. The molecule has 2 fully saturated rings. The third-order valence-electron chi connectivity index (χ3n) is 8.35. The van der Waals surface area contributed by atoms with Gasteiger partial charge in [-0.15, -0.1) is 0 Å². The number of rotatable bonds is 15. The van der Waals surface area contributed by atoms with E-state index in [0.717, 1.165) is 7.11 Å². The van der Waals surface area contributed by atoms with Crippen LogP contribution in [0.4, 0.5) is 4.79 Å². The molecule has 3 unspecified atom stereocenters. The number of amidine groups is 1. The van der Waals surface area contributed by atoms with Crippen LogP contribution in [-0.2, 0) is 40.1 Å². The summed E-state index contributed by atoms with van der Waals surface area (Å²) >= 11 is 0. The van der Waals surface area contributed by atoms with Gasteiger partial charge in [0.2, 0.25) is 4.87 Å². The van der Waals surface area contributed by atoms with E-state index in [0.29, 0.717) is 50.1 Å². The van der Waals surface area contributed by atoms with Crippen LogP contribution >= 0.6 is 0 Å². The third-order valence-corrected chi connectivity index (χ3v) is 10.6. The lowest BCUT2D eigenvalue weighted by Gasteiger charge is -2.42. The molecule has 1 aromatic carbocycles. The minimum Gasteiger partial charge on any atom is -0.490 e. The van der Waals surface area contributed by atoms with E-state index in [4.69, 9.17) is 35.8 Å². The molecule has 258 valence electrons. The van der Waals surface area contributed by atoms with Gasteiger partial charge >= 0.3 is 18.0 Å². The van der Waals surface area contributed by atoms with E-state index in [1.54, 1.807) is 45.0 Å². The summed E-state index contributed by atoms with van der Waals surface area (Å²) < 4.78 is 47.8. The number of sulfone groups is 1. The zero-order valence-corrected chi connectivity index (χ0v) is 28.2. The van der Waals surface area contributed by atoms with Gasteiger partial charge in [-0.2, -0.15) is 0 Å². The Hall–Kier alpha value is -3.43. The van der Waals surface area contributed by atoms with Gasteiger partial charge in [0.05, 0.1) is 19.4 Å². The highest BCUT2D eigenvalue weighted by Crippen LogP contribution is 2.39. The standard InChI is InChI=1S/C31H49N5O9S/c1-6-7-16-46(40,41)31(34,27(38)42-5)17-21-8-10-23(11-9-21)43-19-24-18-36(28(39)44-24)20-30(25(32)33,22-12-14-35-15-13-22)26(37)45-29(2,3)4/h8-11,22,24,35H,6-7,12-20,34H2,1-5H3,(H3,32,33).